The predicted octanol–water partition coefficient (Wildman–Crippen LogP) is 1.67. The molecule has 0 aromatic carbocycles. The first-order chi connectivity index (χ1) is 7.60. The number of carbonyl (C=O) groups excluding carboxylic acids is 1. The summed E-state index contributed by atoms with van der Waals surface area (Å²) in [6.07, 6.45) is 0.933. The van der Waals surface area contributed by atoms with Crippen LogP contribution in [0, 0.1) is 12.3 Å². The summed E-state index contributed by atoms with van der Waals surface area (Å²) in [5.74, 6) is 0.170. The third kappa shape index (κ3) is 2.44. The number of hydrogen-bond acceptors (Lipinski definition) is 3. The molecule has 1 atom stereocenters. The lowest BCUT2D eigenvalue weighted by atomic mass is 9.89. The van der Waals surface area contributed by atoms with E-state index < -0.39 is 0 Å². The summed E-state index contributed by atoms with van der Waals surface area (Å²) in [6.45, 7) is 6.51. The van der Waals surface area contributed by atoms with Crippen molar-refractivity contribution in [3.05, 3.63) is 21.9 Å². The van der Waals surface area contributed by atoms with Crippen molar-refractivity contribution in [2.75, 3.05) is 13.1 Å². The molecule has 3 nitrogen and oxygen atoms in total. The molecule has 2 rings (SSSR count). The minimum Gasteiger partial charge on any atom is -0.351 e. The molecule has 1 aliphatic heterocycles. The van der Waals surface area contributed by atoms with Crippen LogP contribution in [-0.4, -0.2) is 19.0 Å². The van der Waals surface area contributed by atoms with Crippen LogP contribution in [0.25, 0.3) is 0 Å². The highest BCUT2D eigenvalue weighted by Gasteiger charge is 2.35. The van der Waals surface area contributed by atoms with Gasteiger partial charge in [0.05, 0.1) is 12.0 Å². The van der Waals surface area contributed by atoms with Gasteiger partial charge < -0.3 is 10.6 Å². The van der Waals surface area contributed by atoms with Crippen LogP contribution >= 0.6 is 11.3 Å². The first kappa shape index (κ1) is 11.6. The monoisotopic (exact) mass is 238 g/mol. The van der Waals surface area contributed by atoms with Crippen molar-refractivity contribution in [1.29, 1.82) is 0 Å². The van der Waals surface area contributed by atoms with Crippen LogP contribution in [0.5, 0.6) is 0 Å². The van der Waals surface area contributed by atoms with Gasteiger partial charge >= 0.3 is 0 Å². The molecule has 1 aliphatic rings. The second-order valence-corrected chi connectivity index (χ2v) is 6.05. The maximum Gasteiger partial charge on any atom is 0.227 e. The summed E-state index contributed by atoms with van der Waals surface area (Å²) in [6, 6.07) is 4.17. The van der Waals surface area contributed by atoms with Gasteiger partial charge in [0.15, 0.2) is 0 Å². The third-order valence-corrected chi connectivity index (χ3v) is 4.14. The van der Waals surface area contributed by atoms with Crippen LogP contribution in [0.1, 0.15) is 23.1 Å². The van der Waals surface area contributed by atoms with Gasteiger partial charge in [-0.05, 0) is 38.9 Å². The first-order valence-electron chi connectivity index (χ1n) is 5.64. The molecule has 1 fully saturated rings. The van der Waals surface area contributed by atoms with Gasteiger partial charge in [-0.15, -0.1) is 11.3 Å². The molecule has 16 heavy (non-hydrogen) atoms. The molecule has 0 aliphatic carbocycles. The van der Waals surface area contributed by atoms with E-state index in [9.17, 15) is 4.79 Å². The van der Waals surface area contributed by atoms with E-state index in [0.717, 1.165) is 19.5 Å². The second kappa shape index (κ2) is 4.55. The van der Waals surface area contributed by atoms with Gasteiger partial charge in [0.1, 0.15) is 0 Å². The number of thiophene rings is 1. The molecule has 0 saturated carbocycles. The molecular weight excluding hydrogens is 220 g/mol. The van der Waals surface area contributed by atoms with E-state index in [2.05, 4.69) is 29.7 Å². The zero-order chi connectivity index (χ0) is 11.6. The lowest BCUT2D eigenvalue weighted by molar-refractivity contribution is -0.129. The second-order valence-electron chi connectivity index (χ2n) is 4.68. The lowest BCUT2D eigenvalue weighted by Crippen LogP contribution is -2.39. The Bertz CT molecular complexity index is 380. The normalized spacial score (nSPS) is 24.6. The Kier molecular flexibility index (Phi) is 3.30. The number of rotatable bonds is 3. The molecule has 0 bridgehead atoms. The minimum absolute atomic E-state index is 0.170. The van der Waals surface area contributed by atoms with Crippen LogP contribution in [0.2, 0.25) is 0 Å². The van der Waals surface area contributed by atoms with Gasteiger partial charge in [-0.25, -0.2) is 0 Å². The number of carbonyl (C=O) groups is 1. The van der Waals surface area contributed by atoms with Crippen molar-refractivity contribution in [3.8, 4) is 0 Å². The summed E-state index contributed by atoms with van der Waals surface area (Å²) in [4.78, 5) is 14.5. The Morgan fingerprint density at radius 1 is 1.62 bits per heavy atom. The summed E-state index contributed by atoms with van der Waals surface area (Å²) in [7, 11) is 0. The lowest BCUT2D eigenvalue weighted by Gasteiger charge is -2.21. The fourth-order valence-corrected chi connectivity index (χ4v) is 2.80. The molecule has 1 aromatic rings. The zero-order valence-corrected chi connectivity index (χ0v) is 10.6. The van der Waals surface area contributed by atoms with E-state index in [1.165, 1.54) is 9.75 Å². The Hall–Kier alpha value is -0.870. The van der Waals surface area contributed by atoms with E-state index in [1.54, 1.807) is 11.3 Å². The average molecular weight is 238 g/mol. The molecule has 2 N–H and O–H groups in total. The maximum atomic E-state index is 12.0. The van der Waals surface area contributed by atoms with Crippen molar-refractivity contribution in [3.63, 3.8) is 0 Å². The molecule has 1 aromatic heterocycles. The largest absolute Gasteiger partial charge is 0.351 e. The van der Waals surface area contributed by atoms with Crippen molar-refractivity contribution < 1.29 is 4.79 Å². The van der Waals surface area contributed by atoms with Crippen molar-refractivity contribution >= 4 is 17.2 Å². The fraction of sp³-hybridized carbons (Fsp3) is 0.583. The molecule has 1 amide bonds. The number of aryl methyl sites for hydroxylation is 1. The molecule has 88 valence electrons. The summed E-state index contributed by atoms with van der Waals surface area (Å²) < 4.78 is 0. The number of hydrogen-bond donors (Lipinski definition) is 2. The molecule has 1 saturated heterocycles. The first-order valence-corrected chi connectivity index (χ1v) is 6.46. The highest BCUT2D eigenvalue weighted by Crippen LogP contribution is 2.24. The topological polar surface area (TPSA) is 41.1 Å². The molecule has 2 heterocycles. The van der Waals surface area contributed by atoms with Crippen LogP contribution in [0.3, 0.4) is 0 Å². The van der Waals surface area contributed by atoms with Crippen molar-refractivity contribution in [2.24, 2.45) is 5.41 Å². The highest BCUT2D eigenvalue weighted by atomic mass is 32.1. The van der Waals surface area contributed by atoms with Gasteiger partial charge in [-0.2, -0.15) is 0 Å². The number of nitrogens with one attached hydrogen (secondary N) is 2. The standard InChI is InChI=1S/C12H18N2OS/c1-9-3-4-10(16-9)7-14-11(15)12(2)5-6-13-8-12/h3-4,13H,5-8H2,1-2H3,(H,14,15). The minimum atomic E-state index is -0.216. The molecule has 1 unspecified atom stereocenters. The molecule has 4 heteroatoms. The fourth-order valence-electron chi connectivity index (χ4n) is 1.97. The maximum absolute atomic E-state index is 12.0. The molecule has 0 spiro atoms. The summed E-state index contributed by atoms with van der Waals surface area (Å²) >= 11 is 1.74. The third-order valence-electron chi connectivity index (χ3n) is 3.14. The number of amides is 1. The molecular formula is C12H18N2OS. The van der Waals surface area contributed by atoms with Crippen LogP contribution in [0.4, 0.5) is 0 Å². The van der Waals surface area contributed by atoms with Gasteiger partial charge in [-0.3, -0.25) is 4.79 Å². The van der Waals surface area contributed by atoms with E-state index in [0.29, 0.717) is 6.54 Å². The SMILES string of the molecule is Cc1ccc(CNC(=O)C2(C)CCNC2)s1. The van der Waals surface area contributed by atoms with E-state index >= 15 is 0 Å². The van der Waals surface area contributed by atoms with E-state index in [1.807, 2.05) is 6.92 Å². The van der Waals surface area contributed by atoms with Gasteiger partial charge in [0.2, 0.25) is 5.91 Å². The molecule has 0 radical (unpaired) electrons. The van der Waals surface area contributed by atoms with Crippen LogP contribution in [0.15, 0.2) is 12.1 Å². The van der Waals surface area contributed by atoms with Gasteiger partial charge in [0.25, 0.3) is 0 Å². The van der Waals surface area contributed by atoms with Crippen LogP contribution in [-0.2, 0) is 11.3 Å². The zero-order valence-electron chi connectivity index (χ0n) is 9.80. The quantitative estimate of drug-likeness (QED) is 0.841. The van der Waals surface area contributed by atoms with E-state index in [-0.39, 0.29) is 11.3 Å². The highest BCUT2D eigenvalue weighted by molar-refractivity contribution is 7.11. The van der Waals surface area contributed by atoms with Gasteiger partial charge in [-0.1, -0.05) is 0 Å². The van der Waals surface area contributed by atoms with Crippen LogP contribution < -0.4 is 10.6 Å². The Morgan fingerprint density at radius 3 is 3.00 bits per heavy atom. The average Bonchev–Trinajstić information content (AvgIpc) is 2.85. The Balaban J connectivity index is 1.88. The van der Waals surface area contributed by atoms with E-state index in [4.69, 9.17) is 0 Å². The van der Waals surface area contributed by atoms with Gasteiger partial charge in [0, 0.05) is 16.3 Å². The summed E-state index contributed by atoms with van der Waals surface area (Å²) in [5, 5.41) is 6.26. The Morgan fingerprint density at radius 2 is 2.44 bits per heavy atom. The Labute approximate surface area is 100 Å². The van der Waals surface area contributed by atoms with Crippen molar-refractivity contribution in [2.45, 2.75) is 26.8 Å². The predicted molar refractivity (Wildman–Crippen MR) is 66.5 cm³/mol. The smallest absolute Gasteiger partial charge is 0.227 e. The summed E-state index contributed by atoms with van der Waals surface area (Å²) in [5.41, 5.74) is -0.216. The van der Waals surface area contributed by atoms with Crippen molar-refractivity contribution in [1.82, 2.24) is 10.6 Å².